The first kappa shape index (κ1) is 30.8. The molecular weight excluding hydrogens is 384 g/mol. The largest absolute Gasteiger partial charge is 0.120 e. The summed E-state index contributed by atoms with van der Waals surface area (Å²) in [4.78, 5) is 0. The van der Waals surface area contributed by atoms with Gasteiger partial charge in [-0.3, -0.25) is 0 Å². The number of terminal acetylenes is 1. The van der Waals surface area contributed by atoms with Gasteiger partial charge in [-0.2, -0.15) is 0 Å². The molecule has 0 aliphatic rings. The van der Waals surface area contributed by atoms with Crippen molar-refractivity contribution >= 4 is 0 Å². The van der Waals surface area contributed by atoms with Crippen LogP contribution in [-0.2, 0) is 0 Å². The molecule has 0 saturated heterocycles. The first-order valence-corrected chi connectivity index (χ1v) is 13.5. The van der Waals surface area contributed by atoms with Crippen molar-refractivity contribution in [3.05, 3.63) is 35.5 Å². The number of hydrogen-bond donors (Lipinski definition) is 0. The van der Waals surface area contributed by atoms with Crippen LogP contribution in [0.3, 0.4) is 0 Å². The van der Waals surface area contributed by atoms with E-state index in [0.29, 0.717) is 29.6 Å². The van der Waals surface area contributed by atoms with Crippen molar-refractivity contribution in [3.8, 4) is 12.3 Å². The summed E-state index contributed by atoms with van der Waals surface area (Å²) in [5.41, 5.74) is 3.21. The van der Waals surface area contributed by atoms with Crippen molar-refractivity contribution in [2.75, 3.05) is 0 Å². The molecule has 0 aliphatic carbocycles. The predicted octanol–water partition coefficient (Wildman–Crippen LogP) is 10.3. The average molecular weight is 441 g/mol. The molecule has 0 radical (unpaired) electrons. The van der Waals surface area contributed by atoms with E-state index in [1.807, 2.05) is 0 Å². The van der Waals surface area contributed by atoms with Crippen LogP contribution in [0.2, 0.25) is 0 Å². The molecule has 0 saturated carbocycles. The average Bonchev–Trinajstić information content (AvgIpc) is 2.74. The van der Waals surface area contributed by atoms with Gasteiger partial charge in [0.05, 0.1) is 0 Å². The fourth-order valence-corrected chi connectivity index (χ4v) is 5.08. The normalized spacial score (nSPS) is 18.9. The highest BCUT2D eigenvalue weighted by molar-refractivity contribution is 5.24. The van der Waals surface area contributed by atoms with Crippen LogP contribution < -0.4 is 0 Å². The van der Waals surface area contributed by atoms with Crippen LogP contribution in [-0.4, -0.2) is 0 Å². The molecule has 0 heteroatoms. The van der Waals surface area contributed by atoms with Gasteiger partial charge in [0.25, 0.3) is 0 Å². The third kappa shape index (κ3) is 11.6. The van der Waals surface area contributed by atoms with Gasteiger partial charge in [-0.25, -0.2) is 0 Å². The quantitative estimate of drug-likeness (QED) is 0.165. The second-order valence-electron chi connectivity index (χ2n) is 11.0. The number of rotatable bonds is 16. The van der Waals surface area contributed by atoms with Gasteiger partial charge in [0.1, 0.15) is 0 Å². The number of allylic oxidation sites excluding steroid dienone is 6. The molecule has 0 bridgehead atoms. The highest BCUT2D eigenvalue weighted by atomic mass is 14.3. The molecule has 0 heterocycles. The zero-order valence-corrected chi connectivity index (χ0v) is 23.4. The first-order chi connectivity index (χ1) is 15.1. The Morgan fingerprint density at radius 2 is 1.56 bits per heavy atom. The Hall–Kier alpha value is -1.22. The van der Waals surface area contributed by atoms with Crippen molar-refractivity contribution in [2.24, 2.45) is 41.4 Å². The van der Waals surface area contributed by atoms with E-state index < -0.39 is 0 Å². The van der Waals surface area contributed by atoms with Gasteiger partial charge in [-0.1, -0.05) is 104 Å². The van der Waals surface area contributed by atoms with E-state index in [9.17, 15) is 0 Å². The van der Waals surface area contributed by atoms with E-state index in [0.717, 1.165) is 24.7 Å². The summed E-state index contributed by atoms with van der Waals surface area (Å²) in [5, 5.41) is 0. The maximum atomic E-state index is 5.96. The Balaban J connectivity index is 5.94. The summed E-state index contributed by atoms with van der Waals surface area (Å²) in [6.45, 7) is 23.5. The Labute approximate surface area is 203 Å². The molecule has 0 aromatic rings. The Kier molecular flexibility index (Phi) is 16.6. The molecule has 6 atom stereocenters. The molecule has 0 aromatic heterocycles. The topological polar surface area (TPSA) is 0 Å². The monoisotopic (exact) mass is 440 g/mol. The summed E-state index contributed by atoms with van der Waals surface area (Å²) in [5.74, 6) is 7.35. The van der Waals surface area contributed by atoms with Crippen LogP contribution in [0.25, 0.3) is 0 Å². The van der Waals surface area contributed by atoms with Gasteiger partial charge in [0.15, 0.2) is 0 Å². The van der Waals surface area contributed by atoms with Crippen LogP contribution in [0.5, 0.6) is 0 Å². The second-order valence-corrected chi connectivity index (χ2v) is 11.0. The van der Waals surface area contributed by atoms with Gasteiger partial charge in [0.2, 0.25) is 0 Å². The van der Waals surface area contributed by atoms with Gasteiger partial charge < -0.3 is 0 Å². The molecule has 6 unspecified atom stereocenters. The lowest BCUT2D eigenvalue weighted by molar-refractivity contribution is 0.218. The van der Waals surface area contributed by atoms with Crippen LogP contribution >= 0.6 is 0 Å². The lowest BCUT2D eigenvalue weighted by atomic mass is 9.69. The minimum absolute atomic E-state index is 0.454. The van der Waals surface area contributed by atoms with Gasteiger partial charge in [-0.05, 0) is 81.0 Å². The van der Waals surface area contributed by atoms with Crippen LogP contribution in [0.1, 0.15) is 114 Å². The minimum Gasteiger partial charge on any atom is -0.120 e. The predicted molar refractivity (Wildman–Crippen MR) is 148 cm³/mol. The van der Waals surface area contributed by atoms with E-state index in [4.69, 9.17) is 6.42 Å². The van der Waals surface area contributed by atoms with Crippen LogP contribution in [0, 0.1) is 53.8 Å². The summed E-state index contributed by atoms with van der Waals surface area (Å²) in [6, 6.07) is 0. The fraction of sp³-hybridized carbons (Fsp3) is 0.750. The molecule has 0 aliphatic heterocycles. The van der Waals surface area contributed by atoms with E-state index >= 15 is 0 Å². The highest BCUT2D eigenvalue weighted by Crippen LogP contribution is 2.40. The lowest BCUT2D eigenvalue weighted by Gasteiger charge is -2.36. The van der Waals surface area contributed by atoms with E-state index in [-0.39, 0.29) is 0 Å². The second kappa shape index (κ2) is 17.3. The smallest absolute Gasteiger partial charge is 0.0155 e. The maximum absolute atomic E-state index is 5.96. The zero-order chi connectivity index (χ0) is 24.7. The van der Waals surface area contributed by atoms with Gasteiger partial charge >= 0.3 is 0 Å². The Morgan fingerprint density at radius 1 is 0.906 bits per heavy atom. The highest BCUT2D eigenvalue weighted by Gasteiger charge is 2.30. The molecular formula is C32H56. The van der Waals surface area contributed by atoms with Crippen molar-refractivity contribution in [2.45, 2.75) is 114 Å². The SMILES string of the molecule is C#CCC(C(=C(C)CCC(C)C)C(C)C=CCC(C)CCC)C(C)C(C)C(C)CC=CC. The van der Waals surface area contributed by atoms with Crippen molar-refractivity contribution in [1.82, 2.24) is 0 Å². The molecule has 0 N–H and O–H groups in total. The van der Waals surface area contributed by atoms with Gasteiger partial charge in [-0.15, -0.1) is 12.3 Å². The number of hydrogen-bond acceptors (Lipinski definition) is 0. The van der Waals surface area contributed by atoms with E-state index in [1.165, 1.54) is 32.1 Å². The van der Waals surface area contributed by atoms with Gasteiger partial charge in [0, 0.05) is 6.42 Å². The first-order valence-electron chi connectivity index (χ1n) is 13.5. The molecule has 0 amide bonds. The Morgan fingerprint density at radius 3 is 2.09 bits per heavy atom. The van der Waals surface area contributed by atoms with Crippen molar-refractivity contribution in [3.63, 3.8) is 0 Å². The summed E-state index contributed by atoms with van der Waals surface area (Å²) in [6.07, 6.45) is 23.6. The van der Waals surface area contributed by atoms with Crippen molar-refractivity contribution in [1.29, 1.82) is 0 Å². The van der Waals surface area contributed by atoms with Crippen LogP contribution in [0.4, 0.5) is 0 Å². The third-order valence-electron chi connectivity index (χ3n) is 7.67. The Bertz CT molecular complexity index is 608. The molecule has 0 aromatic carbocycles. The fourth-order valence-electron chi connectivity index (χ4n) is 5.08. The summed E-state index contributed by atoms with van der Waals surface area (Å²) < 4.78 is 0. The standard InChI is InChI=1S/C32H56/c1-12-15-20-26(7)29(10)30(11)31(18-14-3)32(28(9)23-22-24(4)5)27(8)21-16-19-25(6)17-13-2/h3,12,15-16,21,24-27,29-31H,13,17-20,22-23H2,1-2,4-11H3. The molecule has 32 heavy (non-hydrogen) atoms. The summed E-state index contributed by atoms with van der Waals surface area (Å²) >= 11 is 0. The van der Waals surface area contributed by atoms with Crippen molar-refractivity contribution < 1.29 is 0 Å². The maximum Gasteiger partial charge on any atom is 0.0155 e. The van der Waals surface area contributed by atoms with E-state index in [1.54, 1.807) is 11.1 Å². The lowest BCUT2D eigenvalue weighted by Crippen LogP contribution is -2.27. The summed E-state index contributed by atoms with van der Waals surface area (Å²) in [7, 11) is 0. The molecule has 0 nitrogen and oxygen atoms in total. The molecule has 0 rings (SSSR count). The zero-order valence-electron chi connectivity index (χ0n) is 23.4. The van der Waals surface area contributed by atoms with Crippen LogP contribution in [0.15, 0.2) is 35.5 Å². The van der Waals surface area contributed by atoms with E-state index in [2.05, 4.69) is 99.5 Å². The molecule has 0 spiro atoms. The third-order valence-corrected chi connectivity index (χ3v) is 7.67. The minimum atomic E-state index is 0.454. The molecule has 0 fully saturated rings. The molecule has 184 valence electrons.